The summed E-state index contributed by atoms with van der Waals surface area (Å²) < 4.78 is 35.1. The second-order valence-corrected chi connectivity index (χ2v) is 14.4. The van der Waals surface area contributed by atoms with Gasteiger partial charge in [-0.25, -0.2) is 8.42 Å². The number of nitrogens with one attached hydrogen (secondary N) is 1. The molecule has 1 aliphatic rings. The smallest absolute Gasteiger partial charge is 0.264 e. The number of hydrogen-bond acceptors (Lipinski definition) is 5. The average molecular weight is 668 g/mol. The first kappa shape index (κ1) is 34.7. The standard InChI is InChI=1S/C39H45N3O5S/c1-29-20-22-36(23-21-29)48(45,46)42(34-18-11-19-35(26-34)47-3)28-38(43)41(27-32-15-10-12-30(2)24-32)37(25-31-13-6-4-7-14-31)39(44)40-33-16-8-5-9-17-33/h4,6-7,10-15,18-24,26,33,37H,5,8-9,16-17,25,27-28H2,1-3H3,(H,40,44)/t37-/m1/s1. The fourth-order valence-electron chi connectivity index (χ4n) is 6.24. The van der Waals surface area contributed by atoms with E-state index < -0.39 is 28.5 Å². The normalized spacial score (nSPS) is 14.1. The molecule has 0 saturated heterocycles. The third kappa shape index (κ3) is 8.83. The van der Waals surface area contributed by atoms with E-state index in [1.165, 1.54) is 7.11 Å². The van der Waals surface area contributed by atoms with E-state index in [9.17, 15) is 18.0 Å². The molecule has 0 aliphatic heterocycles. The molecule has 0 unspecified atom stereocenters. The molecule has 0 spiro atoms. The van der Waals surface area contributed by atoms with Gasteiger partial charge in [-0.1, -0.05) is 103 Å². The second-order valence-electron chi connectivity index (χ2n) is 12.6. The molecule has 1 saturated carbocycles. The number of sulfonamides is 1. The van der Waals surface area contributed by atoms with Crippen molar-refractivity contribution in [2.75, 3.05) is 18.0 Å². The van der Waals surface area contributed by atoms with E-state index in [0.29, 0.717) is 5.75 Å². The molecule has 9 heteroatoms. The van der Waals surface area contributed by atoms with Crippen molar-refractivity contribution in [1.29, 1.82) is 0 Å². The van der Waals surface area contributed by atoms with E-state index in [1.807, 2.05) is 68.4 Å². The number of carbonyl (C=O) groups is 2. The van der Waals surface area contributed by atoms with E-state index in [0.717, 1.165) is 58.7 Å². The Morgan fingerprint density at radius 1 is 0.812 bits per heavy atom. The van der Waals surface area contributed by atoms with Crippen LogP contribution in [0.15, 0.2) is 108 Å². The van der Waals surface area contributed by atoms with Crippen LogP contribution in [0.1, 0.15) is 54.4 Å². The van der Waals surface area contributed by atoms with Gasteiger partial charge in [0.15, 0.2) is 0 Å². The number of aryl methyl sites for hydroxylation is 2. The number of nitrogens with zero attached hydrogens (tertiary/aromatic N) is 2. The quantitative estimate of drug-likeness (QED) is 0.174. The first-order valence-corrected chi connectivity index (χ1v) is 18.0. The van der Waals surface area contributed by atoms with Crippen LogP contribution in [-0.2, 0) is 32.6 Å². The number of ether oxygens (including phenoxy) is 1. The molecular weight excluding hydrogens is 623 g/mol. The van der Waals surface area contributed by atoms with Crippen LogP contribution >= 0.6 is 0 Å². The van der Waals surface area contributed by atoms with E-state index in [4.69, 9.17) is 4.74 Å². The lowest BCUT2D eigenvalue weighted by atomic mass is 9.94. The molecule has 4 aromatic rings. The molecule has 48 heavy (non-hydrogen) atoms. The molecule has 0 bridgehead atoms. The second kappa shape index (κ2) is 16.0. The third-order valence-electron chi connectivity index (χ3n) is 8.89. The number of rotatable bonds is 13. The minimum absolute atomic E-state index is 0.0376. The minimum atomic E-state index is -4.20. The van der Waals surface area contributed by atoms with Gasteiger partial charge in [-0.05, 0) is 62.1 Å². The molecule has 4 aromatic carbocycles. The Bertz CT molecular complexity index is 1790. The lowest BCUT2D eigenvalue weighted by molar-refractivity contribution is -0.140. The summed E-state index contributed by atoms with van der Waals surface area (Å²) >= 11 is 0. The molecule has 8 nitrogen and oxygen atoms in total. The molecule has 0 aromatic heterocycles. The molecule has 1 fully saturated rings. The average Bonchev–Trinajstić information content (AvgIpc) is 3.09. The monoisotopic (exact) mass is 667 g/mol. The van der Waals surface area contributed by atoms with Crippen molar-refractivity contribution in [3.05, 3.63) is 125 Å². The summed E-state index contributed by atoms with van der Waals surface area (Å²) in [6.07, 6.45) is 5.31. The van der Waals surface area contributed by atoms with Gasteiger partial charge in [0.05, 0.1) is 17.7 Å². The summed E-state index contributed by atoms with van der Waals surface area (Å²) in [5.41, 5.74) is 3.97. The minimum Gasteiger partial charge on any atom is -0.497 e. The summed E-state index contributed by atoms with van der Waals surface area (Å²) in [5, 5.41) is 3.25. The molecule has 2 amide bonds. The van der Waals surface area contributed by atoms with Crippen molar-refractivity contribution >= 4 is 27.5 Å². The molecule has 0 radical (unpaired) electrons. The molecule has 0 heterocycles. The van der Waals surface area contributed by atoms with Crippen molar-refractivity contribution in [2.24, 2.45) is 0 Å². The highest BCUT2D eigenvalue weighted by Gasteiger charge is 2.35. The van der Waals surface area contributed by atoms with Gasteiger partial charge in [-0.15, -0.1) is 0 Å². The van der Waals surface area contributed by atoms with E-state index >= 15 is 0 Å². The van der Waals surface area contributed by atoms with E-state index in [1.54, 1.807) is 53.4 Å². The van der Waals surface area contributed by atoms with Gasteiger partial charge in [0, 0.05) is 25.1 Å². The zero-order valence-corrected chi connectivity index (χ0v) is 28.8. The fraction of sp³-hybridized carbons (Fsp3) is 0.333. The van der Waals surface area contributed by atoms with Crippen LogP contribution < -0.4 is 14.4 Å². The maximum Gasteiger partial charge on any atom is 0.264 e. The van der Waals surface area contributed by atoms with Gasteiger partial charge in [-0.3, -0.25) is 13.9 Å². The summed E-state index contributed by atoms with van der Waals surface area (Å²) in [5.74, 6) is -0.273. The maximum atomic E-state index is 14.7. The first-order valence-electron chi connectivity index (χ1n) is 16.6. The third-order valence-corrected chi connectivity index (χ3v) is 10.7. The van der Waals surface area contributed by atoms with Crippen LogP contribution in [0.5, 0.6) is 5.75 Å². The highest BCUT2D eigenvalue weighted by molar-refractivity contribution is 7.92. The summed E-state index contributed by atoms with van der Waals surface area (Å²) in [7, 11) is -2.70. The SMILES string of the molecule is COc1cccc(N(CC(=O)N(Cc2cccc(C)c2)[C@H](Cc2ccccc2)C(=O)NC2CCCCC2)S(=O)(=O)c2ccc(C)cc2)c1. The molecule has 1 aliphatic carbocycles. The van der Waals surface area contributed by atoms with Crippen LogP contribution in [-0.4, -0.2) is 50.9 Å². The lowest BCUT2D eigenvalue weighted by Crippen LogP contribution is -2.55. The number of anilines is 1. The van der Waals surface area contributed by atoms with Crippen molar-refractivity contribution in [3.8, 4) is 5.75 Å². The van der Waals surface area contributed by atoms with Gasteiger partial charge in [0.2, 0.25) is 11.8 Å². The Kier molecular flexibility index (Phi) is 11.5. The molecular formula is C39H45N3O5S. The Balaban J connectivity index is 1.57. The summed E-state index contributed by atoms with van der Waals surface area (Å²) in [6.45, 7) is 3.48. The van der Waals surface area contributed by atoms with Crippen LogP contribution in [0.3, 0.4) is 0 Å². The predicted molar refractivity (Wildman–Crippen MR) is 189 cm³/mol. The molecule has 5 rings (SSSR count). The van der Waals surface area contributed by atoms with Crippen molar-refractivity contribution < 1.29 is 22.7 Å². The van der Waals surface area contributed by atoms with Gasteiger partial charge < -0.3 is 15.0 Å². The number of methoxy groups -OCH3 is 1. The van der Waals surface area contributed by atoms with Crippen molar-refractivity contribution in [3.63, 3.8) is 0 Å². The zero-order valence-electron chi connectivity index (χ0n) is 28.0. The van der Waals surface area contributed by atoms with Crippen LogP contribution in [0.4, 0.5) is 5.69 Å². The molecule has 1 N–H and O–H groups in total. The largest absolute Gasteiger partial charge is 0.497 e. The van der Waals surface area contributed by atoms with Crippen molar-refractivity contribution in [2.45, 2.75) is 75.9 Å². The summed E-state index contributed by atoms with van der Waals surface area (Å²) in [6, 6.07) is 29.8. The Labute approximate surface area is 284 Å². The number of amides is 2. The fourth-order valence-corrected chi connectivity index (χ4v) is 7.64. The van der Waals surface area contributed by atoms with Gasteiger partial charge in [0.1, 0.15) is 18.3 Å². The number of hydrogen-bond donors (Lipinski definition) is 1. The van der Waals surface area contributed by atoms with Gasteiger partial charge in [-0.2, -0.15) is 0 Å². The highest BCUT2D eigenvalue weighted by Crippen LogP contribution is 2.28. The molecule has 252 valence electrons. The topological polar surface area (TPSA) is 96.0 Å². The van der Waals surface area contributed by atoms with E-state index in [-0.39, 0.29) is 35.5 Å². The van der Waals surface area contributed by atoms with Gasteiger partial charge >= 0.3 is 0 Å². The highest BCUT2D eigenvalue weighted by atomic mass is 32.2. The zero-order chi connectivity index (χ0) is 34.1. The van der Waals surface area contributed by atoms with E-state index in [2.05, 4.69) is 5.32 Å². The molecule has 1 atom stereocenters. The van der Waals surface area contributed by atoms with Gasteiger partial charge in [0.25, 0.3) is 10.0 Å². The van der Waals surface area contributed by atoms with Crippen LogP contribution in [0.25, 0.3) is 0 Å². The lowest BCUT2D eigenvalue weighted by Gasteiger charge is -2.35. The Morgan fingerprint density at radius 2 is 1.50 bits per heavy atom. The van der Waals surface area contributed by atoms with Crippen LogP contribution in [0, 0.1) is 13.8 Å². The number of benzene rings is 4. The summed E-state index contributed by atoms with van der Waals surface area (Å²) in [4.78, 5) is 30.6. The Hall–Kier alpha value is -4.63. The maximum absolute atomic E-state index is 14.7. The Morgan fingerprint density at radius 3 is 2.19 bits per heavy atom. The van der Waals surface area contributed by atoms with Crippen LogP contribution in [0.2, 0.25) is 0 Å². The first-order chi connectivity index (χ1) is 23.1. The van der Waals surface area contributed by atoms with Crippen molar-refractivity contribution in [1.82, 2.24) is 10.2 Å². The number of carbonyl (C=O) groups excluding carboxylic acids is 2. The predicted octanol–water partition coefficient (Wildman–Crippen LogP) is 6.60.